The number of nitrogens with one attached hydrogen (secondary N) is 2. The monoisotopic (exact) mass is 371 g/mol. The van der Waals surface area contributed by atoms with E-state index in [1.807, 2.05) is 29.2 Å². The number of anilines is 1. The number of hydrogen-bond donors (Lipinski definition) is 2. The van der Waals surface area contributed by atoms with Crippen molar-refractivity contribution in [1.29, 1.82) is 0 Å². The fourth-order valence-electron chi connectivity index (χ4n) is 4.13. The van der Waals surface area contributed by atoms with Gasteiger partial charge in [-0.1, -0.05) is 13.8 Å². The summed E-state index contributed by atoms with van der Waals surface area (Å²) in [7, 11) is 0. The number of benzene rings is 1. The van der Waals surface area contributed by atoms with Crippen molar-refractivity contribution in [2.45, 2.75) is 46.0 Å². The molecule has 0 saturated carbocycles. The zero-order chi connectivity index (χ0) is 19.2. The highest BCUT2D eigenvalue weighted by Gasteiger charge is 2.23. The summed E-state index contributed by atoms with van der Waals surface area (Å²) in [5.41, 5.74) is 1.46. The van der Waals surface area contributed by atoms with Gasteiger partial charge < -0.3 is 15.5 Å². The van der Waals surface area contributed by atoms with Gasteiger partial charge in [-0.25, -0.2) is 0 Å². The topological polar surface area (TPSA) is 61.4 Å². The minimum absolute atomic E-state index is 0.0529. The van der Waals surface area contributed by atoms with E-state index in [1.54, 1.807) is 0 Å². The molecule has 2 aliphatic rings. The van der Waals surface area contributed by atoms with Crippen LogP contribution in [-0.4, -0.2) is 42.9 Å². The van der Waals surface area contributed by atoms with Crippen molar-refractivity contribution in [2.75, 3.05) is 31.5 Å². The molecule has 3 rings (SSSR count). The van der Waals surface area contributed by atoms with Crippen molar-refractivity contribution >= 4 is 17.5 Å². The molecule has 0 bridgehead atoms. The van der Waals surface area contributed by atoms with E-state index in [4.69, 9.17) is 0 Å². The Bertz CT molecular complexity index is 629. The molecule has 5 nitrogen and oxygen atoms in total. The summed E-state index contributed by atoms with van der Waals surface area (Å²) in [5.74, 6) is 1.81. The number of carbonyl (C=O) groups is 2. The van der Waals surface area contributed by atoms with E-state index in [1.165, 1.54) is 12.8 Å². The lowest BCUT2D eigenvalue weighted by Gasteiger charge is -2.30. The minimum atomic E-state index is 0.0529. The molecule has 2 aliphatic heterocycles. The van der Waals surface area contributed by atoms with Crippen LogP contribution in [0.3, 0.4) is 0 Å². The van der Waals surface area contributed by atoms with Crippen molar-refractivity contribution < 1.29 is 9.59 Å². The lowest BCUT2D eigenvalue weighted by molar-refractivity contribution is -0.117. The van der Waals surface area contributed by atoms with Gasteiger partial charge in [0, 0.05) is 30.8 Å². The van der Waals surface area contributed by atoms with Gasteiger partial charge in [0.1, 0.15) is 0 Å². The molecule has 1 aromatic rings. The lowest BCUT2D eigenvalue weighted by atomic mass is 9.85. The Labute approximate surface area is 162 Å². The number of likely N-dealkylation sites (tertiary alicyclic amines) is 1. The first-order valence-corrected chi connectivity index (χ1v) is 10.4. The maximum absolute atomic E-state index is 12.6. The Morgan fingerprint density at radius 2 is 1.89 bits per heavy atom. The van der Waals surface area contributed by atoms with Crippen LogP contribution in [0.4, 0.5) is 5.69 Å². The summed E-state index contributed by atoms with van der Waals surface area (Å²) >= 11 is 0. The van der Waals surface area contributed by atoms with E-state index < -0.39 is 0 Å². The zero-order valence-electron chi connectivity index (χ0n) is 16.7. The van der Waals surface area contributed by atoms with E-state index in [2.05, 4.69) is 24.5 Å². The quantitative estimate of drug-likeness (QED) is 0.832. The smallest absolute Gasteiger partial charge is 0.253 e. The third kappa shape index (κ3) is 5.55. The molecular formula is C22H33N3O2. The second kappa shape index (κ2) is 9.36. The number of nitrogens with zero attached hydrogens (tertiary/aromatic N) is 1. The predicted molar refractivity (Wildman–Crippen MR) is 109 cm³/mol. The number of carbonyl (C=O) groups excluding carboxylic acids is 2. The van der Waals surface area contributed by atoms with Gasteiger partial charge in [-0.3, -0.25) is 9.59 Å². The van der Waals surface area contributed by atoms with Gasteiger partial charge in [0.05, 0.1) is 0 Å². The molecule has 2 fully saturated rings. The van der Waals surface area contributed by atoms with Crippen LogP contribution in [0.15, 0.2) is 24.3 Å². The van der Waals surface area contributed by atoms with Crippen molar-refractivity contribution in [2.24, 2.45) is 17.8 Å². The first kappa shape index (κ1) is 19.9. The molecule has 0 radical (unpaired) electrons. The second-order valence-corrected chi connectivity index (χ2v) is 8.39. The first-order chi connectivity index (χ1) is 13.0. The second-order valence-electron chi connectivity index (χ2n) is 8.39. The van der Waals surface area contributed by atoms with Gasteiger partial charge >= 0.3 is 0 Å². The normalized spacial score (nSPS) is 22.3. The summed E-state index contributed by atoms with van der Waals surface area (Å²) in [6.45, 7) is 8.19. The summed E-state index contributed by atoms with van der Waals surface area (Å²) in [6, 6.07) is 7.32. The highest BCUT2D eigenvalue weighted by Crippen LogP contribution is 2.23. The van der Waals surface area contributed by atoms with Crippen LogP contribution in [0.5, 0.6) is 0 Å². The SMILES string of the molecule is CC1CCN(C(=O)c2ccc(NC(=O)CC(C)C3CCCNC3)cc2)CC1. The first-order valence-electron chi connectivity index (χ1n) is 10.4. The Morgan fingerprint density at radius 1 is 1.19 bits per heavy atom. The summed E-state index contributed by atoms with van der Waals surface area (Å²) in [5, 5.41) is 6.40. The van der Waals surface area contributed by atoms with Crippen molar-refractivity contribution in [3.05, 3.63) is 29.8 Å². The van der Waals surface area contributed by atoms with E-state index in [0.717, 1.165) is 44.7 Å². The van der Waals surface area contributed by atoms with Crippen LogP contribution in [0.1, 0.15) is 56.3 Å². The fraction of sp³-hybridized carbons (Fsp3) is 0.636. The van der Waals surface area contributed by atoms with Gasteiger partial charge in [-0.2, -0.15) is 0 Å². The Balaban J connectivity index is 1.49. The van der Waals surface area contributed by atoms with Crippen molar-refractivity contribution in [3.63, 3.8) is 0 Å². The zero-order valence-corrected chi connectivity index (χ0v) is 16.7. The molecule has 0 aromatic heterocycles. The molecule has 0 spiro atoms. The standard InChI is InChI=1S/C22H33N3O2/c1-16-9-12-25(13-10-16)22(27)18-5-7-20(8-6-18)24-21(26)14-17(2)19-4-3-11-23-15-19/h5-8,16-17,19,23H,3-4,9-15H2,1-2H3,(H,24,26). The molecule has 2 amide bonds. The van der Waals surface area contributed by atoms with Gasteiger partial charge in [0.15, 0.2) is 0 Å². The molecule has 27 heavy (non-hydrogen) atoms. The molecule has 148 valence electrons. The Morgan fingerprint density at radius 3 is 2.52 bits per heavy atom. The number of hydrogen-bond acceptors (Lipinski definition) is 3. The molecule has 2 heterocycles. The highest BCUT2D eigenvalue weighted by atomic mass is 16.2. The third-order valence-corrected chi connectivity index (χ3v) is 6.13. The summed E-state index contributed by atoms with van der Waals surface area (Å²) in [4.78, 5) is 26.9. The van der Waals surface area contributed by atoms with Crippen LogP contribution in [0.2, 0.25) is 0 Å². The third-order valence-electron chi connectivity index (χ3n) is 6.13. The van der Waals surface area contributed by atoms with Crippen LogP contribution in [0.25, 0.3) is 0 Å². The van der Waals surface area contributed by atoms with Crippen molar-refractivity contribution in [1.82, 2.24) is 10.2 Å². The van der Waals surface area contributed by atoms with Crippen LogP contribution < -0.4 is 10.6 Å². The maximum atomic E-state index is 12.6. The molecule has 2 N–H and O–H groups in total. The Kier molecular flexibility index (Phi) is 6.89. The minimum Gasteiger partial charge on any atom is -0.339 e. The van der Waals surface area contributed by atoms with Crippen LogP contribution in [-0.2, 0) is 4.79 Å². The molecule has 2 atom stereocenters. The summed E-state index contributed by atoms with van der Waals surface area (Å²) < 4.78 is 0. The van der Waals surface area contributed by atoms with Crippen molar-refractivity contribution in [3.8, 4) is 0 Å². The van der Waals surface area contributed by atoms with E-state index in [-0.39, 0.29) is 11.8 Å². The van der Waals surface area contributed by atoms with Gasteiger partial charge in [-0.05, 0) is 80.8 Å². The molecule has 0 aliphatic carbocycles. The van der Waals surface area contributed by atoms with Crippen LogP contribution in [0, 0.1) is 17.8 Å². The molecule has 2 saturated heterocycles. The van der Waals surface area contributed by atoms with E-state index in [9.17, 15) is 9.59 Å². The predicted octanol–water partition coefficient (Wildman–Crippen LogP) is 3.52. The van der Waals surface area contributed by atoms with Crippen LogP contribution >= 0.6 is 0 Å². The number of piperidine rings is 2. The van der Waals surface area contributed by atoms with Gasteiger partial charge in [0.25, 0.3) is 5.91 Å². The van der Waals surface area contributed by atoms with Gasteiger partial charge in [-0.15, -0.1) is 0 Å². The highest BCUT2D eigenvalue weighted by molar-refractivity contribution is 5.95. The molecule has 5 heteroatoms. The van der Waals surface area contributed by atoms with E-state index in [0.29, 0.717) is 29.7 Å². The summed E-state index contributed by atoms with van der Waals surface area (Å²) in [6.07, 6.45) is 5.09. The van der Waals surface area contributed by atoms with Gasteiger partial charge in [0.2, 0.25) is 5.91 Å². The molecular weight excluding hydrogens is 338 g/mol. The molecule has 1 aromatic carbocycles. The average molecular weight is 372 g/mol. The number of rotatable bonds is 5. The average Bonchev–Trinajstić information content (AvgIpc) is 2.69. The largest absolute Gasteiger partial charge is 0.339 e. The fourth-order valence-corrected chi connectivity index (χ4v) is 4.13. The number of amides is 2. The van der Waals surface area contributed by atoms with E-state index >= 15 is 0 Å². The maximum Gasteiger partial charge on any atom is 0.253 e. The molecule has 2 unspecified atom stereocenters. The Hall–Kier alpha value is -1.88. The lowest BCUT2D eigenvalue weighted by Crippen LogP contribution is -2.37.